The summed E-state index contributed by atoms with van der Waals surface area (Å²) in [4.78, 5) is 0. The summed E-state index contributed by atoms with van der Waals surface area (Å²) in [5.41, 5.74) is 0. The predicted molar refractivity (Wildman–Crippen MR) is 36.5 cm³/mol. The lowest BCUT2D eigenvalue weighted by Gasteiger charge is -1.86. The van der Waals surface area contributed by atoms with Crippen LogP contribution < -0.4 is 0 Å². The van der Waals surface area contributed by atoms with Gasteiger partial charge in [0.1, 0.15) is 0 Å². The average Bonchev–Trinajstić information content (AvgIpc) is 1.84. The van der Waals surface area contributed by atoms with Crippen LogP contribution in [0, 0.1) is 0 Å². The SMILES string of the molecule is [2H]c1cc([2H])c(Cl)cc1Cl. The van der Waals surface area contributed by atoms with Crippen LogP contribution in [0.3, 0.4) is 0 Å². The molecular weight excluding hydrogens is 143 g/mol. The van der Waals surface area contributed by atoms with E-state index in [4.69, 9.17) is 25.9 Å². The largest absolute Gasteiger partial charge is 0.0843 e. The van der Waals surface area contributed by atoms with Gasteiger partial charge in [-0.1, -0.05) is 29.3 Å². The van der Waals surface area contributed by atoms with E-state index >= 15 is 0 Å². The summed E-state index contributed by atoms with van der Waals surface area (Å²) in [6, 6.07) is 2.98. The maximum Gasteiger partial charge on any atom is 0.0638 e. The van der Waals surface area contributed by atoms with Crippen LogP contribution in [0.2, 0.25) is 10.0 Å². The summed E-state index contributed by atoms with van der Waals surface area (Å²) in [6.07, 6.45) is 0. The minimum Gasteiger partial charge on any atom is -0.0843 e. The molecule has 0 radical (unpaired) electrons. The molecule has 0 saturated carbocycles. The molecule has 0 aliphatic rings. The normalized spacial score (nSPS) is 12.8. The molecule has 0 aliphatic carbocycles. The zero-order valence-corrected chi connectivity index (χ0v) is 5.42. The van der Waals surface area contributed by atoms with Crippen LogP contribution in [-0.2, 0) is 0 Å². The molecule has 1 aromatic carbocycles. The molecular formula is C6H4Cl2. The summed E-state index contributed by atoms with van der Waals surface area (Å²) in [7, 11) is 0. The zero-order chi connectivity index (χ0) is 7.72. The molecule has 42 valence electrons. The molecule has 0 aromatic heterocycles. The summed E-state index contributed by atoms with van der Waals surface area (Å²) < 4.78 is 14.3. The number of rotatable bonds is 0. The molecule has 1 rings (SSSR count). The van der Waals surface area contributed by atoms with Gasteiger partial charge in [-0.2, -0.15) is 0 Å². The molecule has 8 heavy (non-hydrogen) atoms. The van der Waals surface area contributed by atoms with Crippen LogP contribution in [0.5, 0.6) is 0 Å². The van der Waals surface area contributed by atoms with Crippen LogP contribution in [0.25, 0.3) is 0 Å². The molecule has 0 nitrogen and oxygen atoms in total. The molecule has 1 aromatic rings. The van der Waals surface area contributed by atoms with Crippen molar-refractivity contribution in [1.29, 1.82) is 0 Å². The third-order valence-corrected chi connectivity index (χ3v) is 1.11. The highest BCUT2D eigenvalue weighted by atomic mass is 35.5. The van der Waals surface area contributed by atoms with Crippen molar-refractivity contribution in [2.75, 3.05) is 0 Å². The van der Waals surface area contributed by atoms with Gasteiger partial charge >= 0.3 is 0 Å². The molecule has 0 amide bonds. The minimum atomic E-state index is 0.135. The van der Waals surface area contributed by atoms with E-state index in [9.17, 15) is 0 Å². The van der Waals surface area contributed by atoms with Gasteiger partial charge in [-0.05, 0) is 18.2 Å². The maximum atomic E-state index is 7.15. The fourth-order valence-corrected chi connectivity index (χ4v) is 0.752. The van der Waals surface area contributed by atoms with Gasteiger partial charge < -0.3 is 0 Å². The second kappa shape index (κ2) is 2.38. The molecule has 0 N–H and O–H groups in total. The van der Waals surface area contributed by atoms with Crippen LogP contribution in [0.15, 0.2) is 24.2 Å². The summed E-state index contributed by atoms with van der Waals surface area (Å²) in [5.74, 6) is 0. The van der Waals surface area contributed by atoms with Crippen molar-refractivity contribution in [2.24, 2.45) is 0 Å². The van der Waals surface area contributed by atoms with Gasteiger partial charge in [-0.3, -0.25) is 0 Å². The Morgan fingerprint density at radius 2 is 1.75 bits per heavy atom. The summed E-state index contributed by atoms with van der Waals surface area (Å²) >= 11 is 11.1. The van der Waals surface area contributed by atoms with Crippen LogP contribution >= 0.6 is 23.2 Å². The lowest BCUT2D eigenvalue weighted by Crippen LogP contribution is -1.61. The Hall–Kier alpha value is -0.200. The van der Waals surface area contributed by atoms with E-state index in [2.05, 4.69) is 0 Å². The third kappa shape index (κ3) is 1.39. The zero-order valence-electron chi connectivity index (χ0n) is 5.91. The standard InChI is InChI=1S/C6H4Cl2/c7-5-2-1-3-6(8)4-5/h1-4H/i2D,3D. The Kier molecular flexibility index (Phi) is 1.12. The highest BCUT2D eigenvalue weighted by Crippen LogP contribution is 2.13. The van der Waals surface area contributed by atoms with Gasteiger partial charge in [-0.25, -0.2) is 0 Å². The van der Waals surface area contributed by atoms with Gasteiger partial charge in [0.2, 0.25) is 0 Å². The number of hydrogen-bond donors (Lipinski definition) is 0. The Labute approximate surface area is 60.8 Å². The van der Waals surface area contributed by atoms with Gasteiger partial charge in [0.05, 0.1) is 2.74 Å². The first-order chi connectivity index (χ1) is 4.61. The summed E-state index contributed by atoms with van der Waals surface area (Å²) in [5, 5.41) is 0.557. The van der Waals surface area contributed by atoms with E-state index in [-0.39, 0.29) is 22.1 Å². The smallest absolute Gasteiger partial charge is 0.0638 e. The molecule has 0 atom stereocenters. The highest BCUT2D eigenvalue weighted by Gasteiger charge is 1.84. The average molecular weight is 149 g/mol. The van der Waals surface area contributed by atoms with Crippen molar-refractivity contribution in [3.05, 3.63) is 34.3 Å². The molecule has 0 fully saturated rings. The molecule has 0 aliphatic heterocycles. The topological polar surface area (TPSA) is 0 Å². The van der Waals surface area contributed by atoms with E-state index in [0.29, 0.717) is 0 Å². The molecule has 0 spiro atoms. The maximum absolute atomic E-state index is 7.15. The highest BCUT2D eigenvalue weighted by molar-refractivity contribution is 6.34. The lowest BCUT2D eigenvalue weighted by molar-refractivity contribution is 1.71. The monoisotopic (exact) mass is 148 g/mol. The van der Waals surface area contributed by atoms with E-state index in [1.807, 2.05) is 0 Å². The van der Waals surface area contributed by atoms with E-state index < -0.39 is 0 Å². The van der Waals surface area contributed by atoms with Gasteiger partial charge in [0.25, 0.3) is 0 Å². The second-order valence-corrected chi connectivity index (χ2v) is 2.09. The van der Waals surface area contributed by atoms with E-state index in [0.717, 1.165) is 0 Å². The Morgan fingerprint density at radius 1 is 1.25 bits per heavy atom. The Bertz CT molecular complexity index is 210. The fourth-order valence-electron chi connectivity index (χ4n) is 0.369. The Morgan fingerprint density at radius 3 is 2.12 bits per heavy atom. The van der Waals surface area contributed by atoms with Crippen LogP contribution in [-0.4, -0.2) is 0 Å². The van der Waals surface area contributed by atoms with Crippen molar-refractivity contribution >= 4 is 23.2 Å². The van der Waals surface area contributed by atoms with E-state index in [1.54, 1.807) is 0 Å². The molecule has 0 heterocycles. The quantitative estimate of drug-likeness (QED) is 0.531. The molecule has 2 heteroatoms. The molecule has 0 unspecified atom stereocenters. The fraction of sp³-hybridized carbons (Fsp3) is 0. The molecule has 0 bridgehead atoms. The van der Waals surface area contributed by atoms with Crippen LogP contribution in [0.4, 0.5) is 0 Å². The minimum absolute atomic E-state index is 0.135. The molecule has 0 saturated heterocycles. The number of benzene rings is 1. The number of halogens is 2. The van der Waals surface area contributed by atoms with Gasteiger partial charge in [0, 0.05) is 10.0 Å². The van der Waals surface area contributed by atoms with Crippen molar-refractivity contribution in [1.82, 2.24) is 0 Å². The second-order valence-electron chi connectivity index (χ2n) is 1.27. The van der Waals surface area contributed by atoms with Crippen molar-refractivity contribution in [3.63, 3.8) is 0 Å². The lowest BCUT2D eigenvalue weighted by atomic mass is 10.4. The first-order valence-corrected chi connectivity index (χ1v) is 2.79. The van der Waals surface area contributed by atoms with Crippen molar-refractivity contribution in [3.8, 4) is 0 Å². The third-order valence-electron chi connectivity index (χ3n) is 0.674. The summed E-state index contributed by atoms with van der Waals surface area (Å²) in [6.45, 7) is 0. The van der Waals surface area contributed by atoms with E-state index in [1.165, 1.54) is 12.1 Å². The van der Waals surface area contributed by atoms with Crippen molar-refractivity contribution < 1.29 is 2.74 Å². The van der Waals surface area contributed by atoms with Gasteiger partial charge in [-0.15, -0.1) is 0 Å². The number of hydrogen-bond acceptors (Lipinski definition) is 0. The first-order valence-electron chi connectivity index (χ1n) is 3.03. The Balaban J connectivity index is 3.28. The predicted octanol–water partition coefficient (Wildman–Crippen LogP) is 2.99. The van der Waals surface area contributed by atoms with Crippen LogP contribution in [0.1, 0.15) is 2.74 Å². The van der Waals surface area contributed by atoms with Gasteiger partial charge in [0.15, 0.2) is 0 Å². The first kappa shape index (κ1) is 3.76. The van der Waals surface area contributed by atoms with Crippen molar-refractivity contribution in [2.45, 2.75) is 0 Å².